The summed E-state index contributed by atoms with van der Waals surface area (Å²) in [6.07, 6.45) is 5.90. The first-order valence-corrected chi connectivity index (χ1v) is 21.3. The Labute approximate surface area is 356 Å². The van der Waals surface area contributed by atoms with E-state index in [-0.39, 0.29) is 18.1 Å². The number of allylic oxidation sites excluding steroid dienone is 2. The summed E-state index contributed by atoms with van der Waals surface area (Å²) < 4.78 is 18.1. The molecule has 1 N–H and O–H groups in total. The quantitative estimate of drug-likeness (QED) is 0.105. The maximum atomic E-state index is 15.5. The molecule has 0 radical (unpaired) electrons. The highest BCUT2D eigenvalue weighted by Crippen LogP contribution is 2.46. The summed E-state index contributed by atoms with van der Waals surface area (Å²) in [5.74, 6) is -0.0661. The van der Waals surface area contributed by atoms with Crippen molar-refractivity contribution >= 4 is 62.9 Å². The van der Waals surface area contributed by atoms with Crippen LogP contribution in [0.2, 0.25) is 5.02 Å². The van der Waals surface area contributed by atoms with Gasteiger partial charge in [0.1, 0.15) is 5.69 Å². The molecule has 2 aromatic carbocycles. The number of benzene rings is 2. The highest BCUT2D eigenvalue weighted by molar-refractivity contribution is 6.35. The van der Waals surface area contributed by atoms with Gasteiger partial charge in [0.25, 0.3) is 5.91 Å². The van der Waals surface area contributed by atoms with E-state index in [0.717, 1.165) is 143 Å². The fourth-order valence-corrected chi connectivity index (χ4v) is 9.76. The smallest absolute Gasteiger partial charge is 0.275 e. The largest absolute Gasteiger partial charge is 0.400 e. The number of halogens is 2. The number of amides is 1. The first kappa shape index (κ1) is 42.9. The van der Waals surface area contributed by atoms with E-state index in [1.165, 1.54) is 0 Å². The Morgan fingerprint density at radius 1 is 1.00 bits per heavy atom. The highest BCUT2D eigenvalue weighted by atomic mass is 35.5. The Bertz CT molecular complexity index is 2490. The summed E-state index contributed by atoms with van der Waals surface area (Å²) >= 11 is 13.7. The summed E-state index contributed by atoms with van der Waals surface area (Å²) in [4.78, 5) is 32.1. The van der Waals surface area contributed by atoms with Crippen LogP contribution < -0.4 is 4.90 Å². The van der Waals surface area contributed by atoms with Crippen LogP contribution in [0.5, 0.6) is 0 Å². The second-order valence-electron chi connectivity index (χ2n) is 16.1. The fourth-order valence-electron chi connectivity index (χ4n) is 9.38. The molecule has 2 aliphatic heterocycles. The molecule has 3 aliphatic rings. The Morgan fingerprint density at radius 3 is 2.42 bits per heavy atom. The van der Waals surface area contributed by atoms with E-state index in [1.54, 1.807) is 0 Å². The number of aliphatic hydroxyl groups is 1. The number of nitrogens with zero attached hydrogens (tertiary/aromatic N) is 6. The molecule has 1 saturated heterocycles. The number of carbonyl (C=O) groups excluding carboxylic acids is 2. The van der Waals surface area contributed by atoms with Gasteiger partial charge in [-0.25, -0.2) is 0 Å². The van der Waals surface area contributed by atoms with Crippen molar-refractivity contribution in [3.05, 3.63) is 91.5 Å². The van der Waals surface area contributed by atoms with E-state index in [1.807, 2.05) is 54.2 Å². The van der Waals surface area contributed by atoms with Gasteiger partial charge in [0.05, 0.1) is 52.4 Å². The third-order valence-corrected chi connectivity index (χ3v) is 13.3. The van der Waals surface area contributed by atoms with Crippen molar-refractivity contribution in [1.82, 2.24) is 23.8 Å². The van der Waals surface area contributed by atoms with Crippen molar-refractivity contribution in [3.8, 4) is 11.1 Å². The minimum absolute atomic E-state index is 0.0363. The van der Waals surface area contributed by atoms with Gasteiger partial charge in [-0.1, -0.05) is 40.9 Å². The molecule has 1 unspecified atom stereocenters. The number of fused-ring (bicyclic) bond motifs is 4. The maximum absolute atomic E-state index is 15.5. The molecule has 1 aliphatic carbocycles. The van der Waals surface area contributed by atoms with Crippen molar-refractivity contribution in [2.24, 2.45) is 14.1 Å². The third kappa shape index (κ3) is 7.93. The van der Waals surface area contributed by atoms with Crippen LogP contribution in [0.25, 0.3) is 32.9 Å². The van der Waals surface area contributed by atoms with Gasteiger partial charge < -0.3 is 28.6 Å². The molecular weight excluding hydrogens is 787 g/mol. The van der Waals surface area contributed by atoms with Crippen LogP contribution in [0, 0.1) is 13.8 Å². The molecule has 59 heavy (non-hydrogen) atoms. The SMILES string of the molecule is CC1=CC(OCCCc2c3n(c4c(-c5c(C)nn(C)c5C)c(Cl)ccc24)[C@H](C)CN(c2cc(CCN4CCOCC4)cc4cc(C=O)n(C)c24)C3=O)CC(C)=C1Cl.CO. The number of aryl methyl sites for hydroxylation is 4. The zero-order chi connectivity index (χ0) is 42.3. The van der Waals surface area contributed by atoms with Crippen molar-refractivity contribution in [1.29, 1.82) is 0 Å². The number of rotatable bonds is 11. The molecular formula is C46H56Cl2N6O5. The molecule has 2 atom stereocenters. The molecule has 0 spiro atoms. The zero-order valence-electron chi connectivity index (χ0n) is 35.5. The Morgan fingerprint density at radius 2 is 1.75 bits per heavy atom. The van der Waals surface area contributed by atoms with Crippen LogP contribution in [0.15, 0.2) is 52.6 Å². The van der Waals surface area contributed by atoms with Gasteiger partial charge in [0, 0.05) is 92.7 Å². The van der Waals surface area contributed by atoms with Gasteiger partial charge >= 0.3 is 0 Å². The second-order valence-corrected chi connectivity index (χ2v) is 16.9. The summed E-state index contributed by atoms with van der Waals surface area (Å²) in [6.45, 7) is 15.5. The predicted molar refractivity (Wildman–Crippen MR) is 237 cm³/mol. The topological polar surface area (TPSA) is 107 Å². The number of hydrogen-bond donors (Lipinski definition) is 1. The zero-order valence-corrected chi connectivity index (χ0v) is 37.0. The summed E-state index contributed by atoms with van der Waals surface area (Å²) in [6, 6.07) is 10.2. The van der Waals surface area contributed by atoms with Crippen molar-refractivity contribution in [2.45, 2.75) is 72.4 Å². The molecule has 5 aromatic rings. The fraction of sp³-hybridized carbons (Fsp3) is 0.457. The standard InChI is InChI=1S/C45H52Cl2N6O4.CH4O/c1-26-19-34(20-27(2)41(26)47)57-16-8-9-35-36-10-11-37(46)40(39-29(4)48-50(7)30(39)5)43(36)53-28(3)24-52(45(55)44(35)53)38-22-31(12-13-51-14-17-56-18-15-51)21-32-23-33(25-54)49(6)42(32)38;1-2/h10-11,19,21-23,25,28,34H,8-9,12-18,20,24H2,1-7H3;2H,1H3/t28-,34?;/m1./s1. The van der Waals surface area contributed by atoms with Gasteiger partial charge in [-0.3, -0.25) is 19.2 Å². The lowest BCUT2D eigenvalue weighted by Crippen LogP contribution is -2.43. The minimum Gasteiger partial charge on any atom is -0.400 e. The van der Waals surface area contributed by atoms with Crippen LogP contribution in [0.4, 0.5) is 5.69 Å². The molecule has 1 fully saturated rings. The molecule has 0 bridgehead atoms. The first-order valence-electron chi connectivity index (χ1n) is 20.5. The number of aliphatic hydroxyl groups excluding tert-OH is 1. The first-order chi connectivity index (χ1) is 28.4. The van der Waals surface area contributed by atoms with Gasteiger partial charge in [0.2, 0.25) is 0 Å². The van der Waals surface area contributed by atoms with E-state index < -0.39 is 0 Å². The maximum Gasteiger partial charge on any atom is 0.275 e. The van der Waals surface area contributed by atoms with E-state index in [2.05, 4.69) is 54.5 Å². The van der Waals surface area contributed by atoms with Crippen LogP contribution in [-0.2, 0) is 36.4 Å². The number of aldehydes is 1. The number of ether oxygens (including phenoxy) is 2. The average Bonchev–Trinajstić information content (AvgIpc) is 3.83. The number of anilines is 1. The van der Waals surface area contributed by atoms with Crippen LogP contribution >= 0.6 is 23.2 Å². The minimum atomic E-state index is -0.104. The van der Waals surface area contributed by atoms with Gasteiger partial charge in [-0.15, -0.1) is 0 Å². The Hall–Kier alpha value is -4.23. The monoisotopic (exact) mass is 842 g/mol. The van der Waals surface area contributed by atoms with Gasteiger partial charge in [0.15, 0.2) is 6.29 Å². The Kier molecular flexibility index (Phi) is 12.9. The van der Waals surface area contributed by atoms with Crippen LogP contribution in [0.3, 0.4) is 0 Å². The average molecular weight is 844 g/mol. The van der Waals surface area contributed by atoms with Crippen molar-refractivity contribution in [3.63, 3.8) is 0 Å². The highest BCUT2D eigenvalue weighted by Gasteiger charge is 2.38. The molecule has 8 rings (SSSR count). The van der Waals surface area contributed by atoms with Gasteiger partial charge in [-0.2, -0.15) is 5.10 Å². The van der Waals surface area contributed by atoms with E-state index in [9.17, 15) is 4.79 Å². The lowest BCUT2D eigenvalue weighted by Gasteiger charge is -2.35. The molecule has 1 amide bonds. The third-order valence-electron chi connectivity index (χ3n) is 12.3. The molecule has 3 aromatic heterocycles. The molecule has 5 heterocycles. The van der Waals surface area contributed by atoms with Crippen LogP contribution in [-0.4, -0.2) is 100 Å². The number of aromatic nitrogens is 4. The lowest BCUT2D eigenvalue weighted by molar-refractivity contribution is 0.0384. The van der Waals surface area contributed by atoms with E-state index in [0.29, 0.717) is 36.0 Å². The number of hydrogen-bond acceptors (Lipinski definition) is 7. The normalized spacial score (nSPS) is 18.7. The van der Waals surface area contributed by atoms with E-state index >= 15 is 4.79 Å². The molecule has 11 nitrogen and oxygen atoms in total. The number of carbonyl (C=O) groups is 2. The summed E-state index contributed by atoms with van der Waals surface area (Å²) in [5.41, 5.74) is 12.0. The van der Waals surface area contributed by atoms with Crippen LogP contribution in [0.1, 0.15) is 83.1 Å². The lowest BCUT2D eigenvalue weighted by atomic mass is 9.98. The second kappa shape index (κ2) is 17.8. The summed E-state index contributed by atoms with van der Waals surface area (Å²) in [5, 5.41) is 15.2. The predicted octanol–water partition coefficient (Wildman–Crippen LogP) is 8.50. The molecule has 314 valence electrons. The van der Waals surface area contributed by atoms with Crippen molar-refractivity contribution < 1.29 is 24.2 Å². The molecule has 0 saturated carbocycles. The van der Waals surface area contributed by atoms with Gasteiger partial charge in [-0.05, 0) is 101 Å². The van der Waals surface area contributed by atoms with E-state index in [4.69, 9.17) is 42.9 Å². The summed E-state index contributed by atoms with van der Waals surface area (Å²) in [7, 11) is 4.86. The number of morpholine rings is 1. The Balaban J connectivity index is 0.00000260. The van der Waals surface area contributed by atoms with Crippen molar-refractivity contribution in [2.75, 3.05) is 58.0 Å². The molecule has 13 heteroatoms.